The van der Waals surface area contributed by atoms with Crippen LogP contribution in [0.15, 0.2) is 30.5 Å². The average Bonchev–Trinajstić information content (AvgIpc) is 3.18. The van der Waals surface area contributed by atoms with Gasteiger partial charge in [0.25, 0.3) is 5.91 Å². The number of amides is 1. The van der Waals surface area contributed by atoms with Gasteiger partial charge < -0.3 is 15.6 Å². The van der Waals surface area contributed by atoms with E-state index in [9.17, 15) is 26.7 Å². The van der Waals surface area contributed by atoms with E-state index in [0.29, 0.717) is 17.1 Å². The predicted octanol–water partition coefficient (Wildman–Crippen LogP) is 3.65. The summed E-state index contributed by atoms with van der Waals surface area (Å²) in [5.41, 5.74) is 6.76. The molecule has 2 fully saturated rings. The van der Waals surface area contributed by atoms with E-state index in [0.717, 1.165) is 32.1 Å². The van der Waals surface area contributed by atoms with E-state index in [-0.39, 0.29) is 36.0 Å². The molecule has 0 radical (unpaired) electrons. The Balaban J connectivity index is 1.47. The highest BCUT2D eigenvalue weighted by Crippen LogP contribution is 2.43. The van der Waals surface area contributed by atoms with Gasteiger partial charge in [0.1, 0.15) is 5.56 Å². The lowest BCUT2D eigenvalue weighted by molar-refractivity contribution is -0.215. The molecule has 4 rings (SSSR count). The highest BCUT2D eigenvalue weighted by Gasteiger charge is 2.50. The van der Waals surface area contributed by atoms with Crippen molar-refractivity contribution in [1.82, 2.24) is 14.7 Å². The summed E-state index contributed by atoms with van der Waals surface area (Å²) in [6.07, 6.45) is 1.27. The minimum atomic E-state index is -4.13. The first kappa shape index (κ1) is 25.6. The average molecular weight is 513 g/mol. The van der Waals surface area contributed by atoms with Gasteiger partial charge in [-0.1, -0.05) is 30.1 Å². The summed E-state index contributed by atoms with van der Waals surface area (Å²) < 4.78 is 62.1. The van der Waals surface area contributed by atoms with Gasteiger partial charge in [-0.3, -0.25) is 18.6 Å². The second kappa shape index (κ2) is 9.90. The fourth-order valence-electron chi connectivity index (χ4n) is 5.11. The maximum atomic E-state index is 12.9. The number of halogens is 3. The van der Waals surface area contributed by atoms with Crippen LogP contribution in [0.1, 0.15) is 54.9 Å². The van der Waals surface area contributed by atoms with Crippen LogP contribution in [-0.2, 0) is 22.4 Å². The second-order valence-corrected chi connectivity index (χ2v) is 10.4. The standard InChI is InChI=1S/C23H30F3N5O3S/c1-2-22(9-7-18(8-10-22)30-11-16(12-30)23(24,25)26)31-13-19(20(27)32)21(29-31)28-17-5-3-15(4-6-17)14-35(33)34/h3-6,13,16,18H,2,7-12,14H2,1H3,(H2,27,32)(H,28,29)(H,33,34)/p-1. The first-order valence-electron chi connectivity index (χ1n) is 11.6. The van der Waals surface area contributed by atoms with Crippen molar-refractivity contribution in [1.29, 1.82) is 0 Å². The predicted molar refractivity (Wildman–Crippen MR) is 125 cm³/mol. The number of primary amides is 1. The Bertz CT molecular complexity index is 1080. The van der Waals surface area contributed by atoms with Crippen LogP contribution >= 0.6 is 0 Å². The van der Waals surface area contributed by atoms with E-state index in [1.807, 2.05) is 11.8 Å². The summed E-state index contributed by atoms with van der Waals surface area (Å²) in [7, 11) is 0. The zero-order valence-electron chi connectivity index (χ0n) is 19.4. The monoisotopic (exact) mass is 512 g/mol. The van der Waals surface area contributed by atoms with Crippen LogP contribution in [0.2, 0.25) is 0 Å². The van der Waals surface area contributed by atoms with Crippen molar-refractivity contribution < 1.29 is 26.7 Å². The fourth-order valence-corrected chi connectivity index (χ4v) is 5.58. The number of nitrogens with two attached hydrogens (primary N) is 1. The molecule has 1 aliphatic heterocycles. The van der Waals surface area contributed by atoms with Gasteiger partial charge in [-0.05, 0) is 49.8 Å². The molecule has 2 heterocycles. The van der Waals surface area contributed by atoms with Crippen LogP contribution in [0, 0.1) is 5.92 Å². The number of hydrogen-bond donors (Lipinski definition) is 2. The Morgan fingerprint density at radius 3 is 2.40 bits per heavy atom. The molecular weight excluding hydrogens is 483 g/mol. The van der Waals surface area contributed by atoms with E-state index >= 15 is 0 Å². The zero-order valence-corrected chi connectivity index (χ0v) is 20.2. The number of likely N-dealkylation sites (tertiary alicyclic amines) is 1. The van der Waals surface area contributed by atoms with Gasteiger partial charge in [-0.15, -0.1) is 0 Å². The highest BCUT2D eigenvalue weighted by atomic mass is 32.2. The number of alkyl halides is 3. The summed E-state index contributed by atoms with van der Waals surface area (Å²) in [6, 6.07) is 6.88. The first-order valence-corrected chi connectivity index (χ1v) is 12.9. The topological polar surface area (TPSA) is 116 Å². The SMILES string of the molecule is CCC1(n2cc(C(N)=O)c(Nc3ccc(CS(=O)[O-])cc3)n2)CCC(N2CC(C(F)(F)F)C2)CC1. The maximum absolute atomic E-state index is 12.9. The molecule has 12 heteroatoms. The second-order valence-electron chi connectivity index (χ2n) is 9.47. The van der Waals surface area contributed by atoms with E-state index in [1.54, 1.807) is 35.1 Å². The van der Waals surface area contributed by atoms with E-state index in [4.69, 9.17) is 5.73 Å². The third-order valence-corrected chi connectivity index (χ3v) is 7.97. The fraction of sp³-hybridized carbons (Fsp3) is 0.565. The smallest absolute Gasteiger partial charge is 0.394 e. The number of carbonyl (C=O) groups is 1. The molecule has 1 aromatic heterocycles. The Hall–Kier alpha value is -2.44. The summed E-state index contributed by atoms with van der Waals surface area (Å²) in [5, 5.41) is 7.75. The van der Waals surface area contributed by atoms with Gasteiger partial charge in [0.15, 0.2) is 5.82 Å². The minimum Gasteiger partial charge on any atom is -0.772 e. The third kappa shape index (κ3) is 5.54. The molecule has 1 amide bonds. The van der Waals surface area contributed by atoms with E-state index in [1.165, 1.54) is 0 Å². The summed E-state index contributed by atoms with van der Waals surface area (Å²) in [6.45, 7) is 2.18. The van der Waals surface area contributed by atoms with E-state index in [2.05, 4.69) is 10.4 Å². The molecule has 1 saturated heterocycles. The highest BCUT2D eigenvalue weighted by molar-refractivity contribution is 7.78. The van der Waals surface area contributed by atoms with Crippen LogP contribution in [0.25, 0.3) is 0 Å². The molecule has 1 aliphatic carbocycles. The summed E-state index contributed by atoms with van der Waals surface area (Å²) in [4.78, 5) is 14.1. The van der Waals surface area contributed by atoms with Crippen molar-refractivity contribution in [3.63, 3.8) is 0 Å². The zero-order chi connectivity index (χ0) is 25.4. The van der Waals surface area contributed by atoms with Crippen LogP contribution in [0.5, 0.6) is 0 Å². The Morgan fingerprint density at radius 1 is 1.26 bits per heavy atom. The number of rotatable bonds is 8. The normalized spacial score (nSPS) is 24.7. The molecule has 35 heavy (non-hydrogen) atoms. The minimum absolute atomic E-state index is 0.0679. The van der Waals surface area contributed by atoms with Gasteiger partial charge in [-0.2, -0.15) is 18.3 Å². The maximum Gasteiger partial charge on any atom is 0.394 e. The molecule has 192 valence electrons. The molecule has 1 atom stereocenters. The van der Waals surface area contributed by atoms with E-state index < -0.39 is 29.1 Å². The van der Waals surface area contributed by atoms with Crippen LogP contribution < -0.4 is 11.1 Å². The third-order valence-electron chi connectivity index (χ3n) is 7.40. The molecular formula is C23H29F3N5O3S-. The van der Waals surface area contributed by atoms with Crippen molar-refractivity contribution in [2.24, 2.45) is 11.7 Å². The molecule has 3 N–H and O–H groups in total. The van der Waals surface area contributed by atoms with Crippen molar-refractivity contribution in [2.75, 3.05) is 18.4 Å². The number of nitrogens with zero attached hydrogens (tertiary/aromatic N) is 3. The van der Waals surface area contributed by atoms with Gasteiger partial charge in [0.05, 0.1) is 11.5 Å². The molecule has 2 aliphatic rings. The van der Waals surface area contributed by atoms with Crippen molar-refractivity contribution in [2.45, 2.75) is 62.5 Å². The molecule has 0 bridgehead atoms. The number of anilines is 2. The van der Waals surface area contributed by atoms with Crippen molar-refractivity contribution in [3.8, 4) is 0 Å². The van der Waals surface area contributed by atoms with Gasteiger partial charge in [0, 0.05) is 36.8 Å². The van der Waals surface area contributed by atoms with Crippen LogP contribution in [0.4, 0.5) is 24.7 Å². The molecule has 1 unspecified atom stereocenters. The molecule has 2 aromatic rings. The lowest BCUT2D eigenvalue weighted by atomic mass is 9.76. The number of nitrogens with one attached hydrogen (secondary N) is 1. The number of benzene rings is 1. The van der Waals surface area contributed by atoms with Gasteiger partial charge in [-0.25, -0.2) is 0 Å². The number of aromatic nitrogens is 2. The van der Waals surface area contributed by atoms with Crippen LogP contribution in [-0.4, -0.2) is 54.7 Å². The first-order chi connectivity index (χ1) is 16.5. The van der Waals surface area contributed by atoms with Gasteiger partial charge in [0.2, 0.25) is 0 Å². The summed E-state index contributed by atoms with van der Waals surface area (Å²) >= 11 is -2.19. The Morgan fingerprint density at radius 2 is 1.89 bits per heavy atom. The molecule has 1 saturated carbocycles. The Kier molecular flexibility index (Phi) is 7.26. The quantitative estimate of drug-likeness (QED) is 0.522. The summed E-state index contributed by atoms with van der Waals surface area (Å²) in [5.74, 6) is -1.63. The lowest BCUT2D eigenvalue weighted by Gasteiger charge is -2.49. The molecule has 1 aromatic carbocycles. The van der Waals surface area contributed by atoms with Crippen LogP contribution in [0.3, 0.4) is 0 Å². The lowest BCUT2D eigenvalue weighted by Crippen LogP contribution is -2.58. The molecule has 8 nitrogen and oxygen atoms in total. The molecule has 0 spiro atoms. The van der Waals surface area contributed by atoms with Crippen molar-refractivity contribution in [3.05, 3.63) is 41.6 Å². The number of carbonyl (C=O) groups excluding carboxylic acids is 1. The van der Waals surface area contributed by atoms with Crippen molar-refractivity contribution >= 4 is 28.5 Å². The Labute approximate surface area is 204 Å². The number of hydrogen-bond acceptors (Lipinski definition) is 6. The largest absolute Gasteiger partial charge is 0.772 e. The van der Waals surface area contributed by atoms with Gasteiger partial charge >= 0.3 is 6.18 Å².